The van der Waals surface area contributed by atoms with Crippen molar-refractivity contribution in [3.63, 3.8) is 0 Å². The molecule has 3 heterocycles. The van der Waals surface area contributed by atoms with E-state index in [1.165, 1.54) is 5.56 Å². The van der Waals surface area contributed by atoms with Crippen LogP contribution >= 0.6 is 0 Å². The standard InChI is InChI=1S/C22H32N8O/c1-3-4-7-25-21-20-18(26-22(24)27-21)14-30(28-20)13-17-8-15(5-6-19(17)31-2)10-29-11-16(9-23)12-29/h5-6,8,14,16H,3-4,7,9-13,23H2,1-2H3,(H3,24,25,26,27). The molecular weight excluding hydrogens is 392 g/mol. The van der Waals surface area contributed by atoms with Crippen LogP contribution < -0.4 is 21.5 Å². The first-order valence-electron chi connectivity index (χ1n) is 10.9. The number of nitrogen functional groups attached to an aromatic ring is 1. The van der Waals surface area contributed by atoms with Crippen molar-refractivity contribution in [2.75, 3.05) is 44.3 Å². The molecule has 4 rings (SSSR count). The highest BCUT2D eigenvalue weighted by atomic mass is 16.5. The number of nitrogens with two attached hydrogens (primary N) is 2. The zero-order valence-corrected chi connectivity index (χ0v) is 18.3. The first-order chi connectivity index (χ1) is 15.1. The maximum absolute atomic E-state index is 5.91. The van der Waals surface area contributed by atoms with Crippen LogP contribution in [0, 0.1) is 5.92 Å². The third-order valence-electron chi connectivity index (χ3n) is 5.70. The second kappa shape index (κ2) is 9.49. The van der Waals surface area contributed by atoms with Crippen LogP contribution in [0.5, 0.6) is 5.75 Å². The number of likely N-dealkylation sites (tertiary alicyclic amines) is 1. The molecule has 0 bridgehead atoms. The topological polar surface area (TPSA) is 120 Å². The van der Waals surface area contributed by atoms with Gasteiger partial charge in [-0.1, -0.05) is 19.4 Å². The summed E-state index contributed by atoms with van der Waals surface area (Å²) in [6.45, 7) is 7.37. The number of rotatable bonds is 10. The number of ether oxygens (including phenoxy) is 1. The minimum absolute atomic E-state index is 0.246. The van der Waals surface area contributed by atoms with Crippen molar-refractivity contribution in [1.82, 2.24) is 24.6 Å². The van der Waals surface area contributed by atoms with E-state index in [0.29, 0.717) is 18.3 Å². The van der Waals surface area contributed by atoms with Gasteiger partial charge in [0, 0.05) is 31.7 Å². The number of benzene rings is 1. The monoisotopic (exact) mass is 424 g/mol. The highest BCUT2D eigenvalue weighted by molar-refractivity contribution is 5.85. The maximum Gasteiger partial charge on any atom is 0.222 e. The zero-order chi connectivity index (χ0) is 21.8. The summed E-state index contributed by atoms with van der Waals surface area (Å²) >= 11 is 0. The highest BCUT2D eigenvalue weighted by Gasteiger charge is 2.25. The van der Waals surface area contributed by atoms with Crippen molar-refractivity contribution in [3.8, 4) is 5.75 Å². The van der Waals surface area contributed by atoms with Crippen molar-refractivity contribution in [2.24, 2.45) is 11.7 Å². The average Bonchev–Trinajstić information content (AvgIpc) is 3.13. The lowest BCUT2D eigenvalue weighted by Gasteiger charge is -2.38. The van der Waals surface area contributed by atoms with E-state index in [-0.39, 0.29) is 5.95 Å². The average molecular weight is 425 g/mol. The predicted octanol–water partition coefficient (Wildman–Crippen LogP) is 2.07. The fourth-order valence-electron chi connectivity index (χ4n) is 4.01. The van der Waals surface area contributed by atoms with Gasteiger partial charge in [-0.2, -0.15) is 10.1 Å². The lowest BCUT2D eigenvalue weighted by molar-refractivity contribution is 0.0979. The number of methoxy groups -OCH3 is 1. The Kier molecular flexibility index (Phi) is 6.53. The van der Waals surface area contributed by atoms with Gasteiger partial charge in [0.15, 0.2) is 11.3 Å². The van der Waals surface area contributed by atoms with E-state index in [4.69, 9.17) is 21.3 Å². The van der Waals surface area contributed by atoms with Gasteiger partial charge in [0.05, 0.1) is 19.9 Å². The van der Waals surface area contributed by atoms with Crippen molar-refractivity contribution in [1.29, 1.82) is 0 Å². The lowest BCUT2D eigenvalue weighted by Crippen LogP contribution is -2.49. The molecule has 1 aromatic carbocycles. The quantitative estimate of drug-likeness (QED) is 0.423. The molecule has 0 unspecified atom stereocenters. The zero-order valence-electron chi connectivity index (χ0n) is 18.3. The van der Waals surface area contributed by atoms with Gasteiger partial charge >= 0.3 is 0 Å². The second-order valence-corrected chi connectivity index (χ2v) is 8.21. The predicted molar refractivity (Wildman–Crippen MR) is 123 cm³/mol. The fraction of sp³-hybridized carbons (Fsp3) is 0.500. The molecule has 0 atom stereocenters. The van der Waals surface area contributed by atoms with Crippen molar-refractivity contribution in [3.05, 3.63) is 35.5 Å². The summed E-state index contributed by atoms with van der Waals surface area (Å²) in [4.78, 5) is 11.1. The van der Waals surface area contributed by atoms with Gasteiger partial charge in [0.25, 0.3) is 0 Å². The molecule has 9 heteroatoms. The Morgan fingerprint density at radius 3 is 2.81 bits per heavy atom. The van der Waals surface area contributed by atoms with Crippen LogP contribution in [0.2, 0.25) is 0 Å². The van der Waals surface area contributed by atoms with Gasteiger partial charge in [-0.3, -0.25) is 9.58 Å². The molecule has 3 aromatic rings. The van der Waals surface area contributed by atoms with Crippen LogP contribution in [0.25, 0.3) is 11.0 Å². The number of fused-ring (bicyclic) bond motifs is 1. The first-order valence-corrected chi connectivity index (χ1v) is 10.9. The summed E-state index contributed by atoms with van der Waals surface area (Å²) in [6, 6.07) is 6.35. The van der Waals surface area contributed by atoms with E-state index in [9.17, 15) is 0 Å². The minimum Gasteiger partial charge on any atom is -0.496 e. The number of nitrogens with zero attached hydrogens (tertiary/aromatic N) is 5. The Hall–Kier alpha value is -2.91. The van der Waals surface area contributed by atoms with Crippen LogP contribution in [0.3, 0.4) is 0 Å². The number of anilines is 2. The van der Waals surface area contributed by atoms with Gasteiger partial charge in [-0.25, -0.2) is 4.98 Å². The Morgan fingerprint density at radius 1 is 1.23 bits per heavy atom. The van der Waals surface area contributed by atoms with Gasteiger partial charge < -0.3 is 21.5 Å². The summed E-state index contributed by atoms with van der Waals surface area (Å²) < 4.78 is 7.48. The molecule has 0 aliphatic carbocycles. The van der Waals surface area contributed by atoms with E-state index >= 15 is 0 Å². The van der Waals surface area contributed by atoms with Crippen LogP contribution in [0.15, 0.2) is 24.4 Å². The molecule has 1 saturated heterocycles. The molecule has 2 aromatic heterocycles. The fourth-order valence-corrected chi connectivity index (χ4v) is 4.01. The highest BCUT2D eigenvalue weighted by Crippen LogP contribution is 2.25. The summed E-state index contributed by atoms with van der Waals surface area (Å²) in [5.41, 5.74) is 15.5. The van der Waals surface area contributed by atoms with Crippen molar-refractivity contribution in [2.45, 2.75) is 32.9 Å². The molecule has 1 aliphatic rings. The molecule has 166 valence electrons. The van der Waals surface area contributed by atoms with Gasteiger partial charge in [-0.15, -0.1) is 0 Å². The van der Waals surface area contributed by atoms with E-state index < -0.39 is 0 Å². The van der Waals surface area contributed by atoms with E-state index in [1.54, 1.807) is 7.11 Å². The molecule has 5 N–H and O–H groups in total. The van der Waals surface area contributed by atoms with Gasteiger partial charge in [0.2, 0.25) is 5.95 Å². The normalized spacial score (nSPS) is 14.7. The van der Waals surface area contributed by atoms with Crippen LogP contribution in [-0.2, 0) is 13.1 Å². The smallest absolute Gasteiger partial charge is 0.222 e. The molecule has 0 saturated carbocycles. The molecule has 0 amide bonds. The first kappa shape index (κ1) is 21.3. The number of aromatic nitrogens is 4. The lowest BCUT2D eigenvalue weighted by atomic mass is 9.99. The third kappa shape index (κ3) is 4.88. The second-order valence-electron chi connectivity index (χ2n) is 8.21. The van der Waals surface area contributed by atoms with E-state index in [0.717, 1.165) is 67.9 Å². The summed E-state index contributed by atoms with van der Waals surface area (Å²) in [5.74, 6) is 2.40. The molecular formula is C22H32N8O. The van der Waals surface area contributed by atoms with Crippen LogP contribution in [0.1, 0.15) is 30.9 Å². The largest absolute Gasteiger partial charge is 0.496 e. The molecule has 9 nitrogen and oxygen atoms in total. The Morgan fingerprint density at radius 2 is 2.06 bits per heavy atom. The molecule has 1 aliphatic heterocycles. The summed E-state index contributed by atoms with van der Waals surface area (Å²) in [5, 5.41) is 8.07. The number of hydrogen-bond acceptors (Lipinski definition) is 8. The Balaban J connectivity index is 1.55. The number of hydrogen-bond donors (Lipinski definition) is 3. The molecule has 0 spiro atoms. The van der Waals surface area contributed by atoms with E-state index in [2.05, 4.69) is 39.2 Å². The Bertz CT molecular complexity index is 1030. The van der Waals surface area contributed by atoms with Crippen LogP contribution in [0.4, 0.5) is 11.8 Å². The molecule has 1 fully saturated rings. The summed E-state index contributed by atoms with van der Waals surface area (Å²) in [7, 11) is 1.70. The van der Waals surface area contributed by atoms with Gasteiger partial charge in [0.1, 0.15) is 11.3 Å². The third-order valence-corrected chi connectivity index (χ3v) is 5.70. The minimum atomic E-state index is 0.246. The molecule has 0 radical (unpaired) electrons. The molecule has 31 heavy (non-hydrogen) atoms. The van der Waals surface area contributed by atoms with Crippen molar-refractivity contribution < 1.29 is 4.74 Å². The summed E-state index contributed by atoms with van der Waals surface area (Å²) in [6.07, 6.45) is 4.07. The number of unbranched alkanes of at least 4 members (excludes halogenated alkanes) is 1. The van der Waals surface area contributed by atoms with Crippen molar-refractivity contribution >= 4 is 22.8 Å². The number of nitrogens with one attached hydrogen (secondary N) is 1. The SMILES string of the molecule is CCCCNc1nc(N)nc2cn(Cc3cc(CN4CC(CN)C4)ccc3OC)nc12. The van der Waals surface area contributed by atoms with E-state index in [1.807, 2.05) is 16.9 Å². The maximum atomic E-state index is 5.91. The Labute approximate surface area is 182 Å². The van der Waals surface area contributed by atoms with Gasteiger partial charge in [-0.05, 0) is 36.6 Å². The van der Waals surface area contributed by atoms with Crippen LogP contribution in [-0.4, -0.2) is 57.9 Å².